The molecule has 26 heteroatoms. The fraction of sp³-hybridized carbons (Fsp3) is 0.547. The summed E-state index contributed by atoms with van der Waals surface area (Å²) >= 11 is 1.59. The van der Waals surface area contributed by atoms with Crippen LogP contribution >= 0.6 is 11.3 Å². The number of imide groups is 1. The number of primary amides is 1. The maximum atomic E-state index is 14.8. The molecule has 536 valence electrons. The van der Waals surface area contributed by atoms with Crippen LogP contribution in [0.4, 0.5) is 33.1 Å². The number of quaternary nitrogens is 1. The number of nitrogens with zero attached hydrogens (tertiary/aromatic N) is 10. The van der Waals surface area contributed by atoms with E-state index in [1.807, 2.05) is 47.5 Å². The average Bonchev–Trinajstić information content (AvgIpc) is 0.746. The highest BCUT2D eigenvalue weighted by molar-refractivity contribution is 7.22. The summed E-state index contributed by atoms with van der Waals surface area (Å²) in [6, 6.07) is 17.4. The Hall–Kier alpha value is -8.72. The lowest BCUT2D eigenvalue weighted by molar-refractivity contribution is -0.930. The Morgan fingerprint density at radius 2 is 1.52 bits per heavy atom. The molecule has 6 aromatic rings. The summed E-state index contributed by atoms with van der Waals surface area (Å²) in [5.74, 6) is -0.563. The Kier molecular flexibility index (Phi) is 20.5. The third-order valence-electron chi connectivity index (χ3n) is 22.1. The van der Waals surface area contributed by atoms with Gasteiger partial charge in [0, 0.05) is 103 Å². The molecule has 6 fully saturated rings. The number of nitrogens with two attached hydrogens (primary N) is 1. The summed E-state index contributed by atoms with van der Waals surface area (Å²) < 4.78 is 17.2. The number of amides is 8. The number of carbonyl (C=O) groups is 7. The smallest absolute Gasteiger partial charge is 0.312 e. The molecule has 101 heavy (non-hydrogen) atoms. The number of carbonyl (C=O) groups excluding carboxylic acids is 7. The number of nitrogens with one attached hydrogen (secondary N) is 5. The van der Waals surface area contributed by atoms with Gasteiger partial charge in [0.2, 0.25) is 17.7 Å². The molecule has 4 aromatic heterocycles. The zero-order valence-corrected chi connectivity index (χ0v) is 60.0. The van der Waals surface area contributed by atoms with Crippen molar-refractivity contribution in [1.29, 1.82) is 0 Å². The van der Waals surface area contributed by atoms with E-state index in [0.29, 0.717) is 55.7 Å². The van der Waals surface area contributed by atoms with Gasteiger partial charge in [-0.3, -0.25) is 38.3 Å². The van der Waals surface area contributed by atoms with Gasteiger partial charge in [0.1, 0.15) is 36.7 Å². The van der Waals surface area contributed by atoms with Gasteiger partial charge < -0.3 is 56.1 Å². The zero-order valence-electron chi connectivity index (χ0n) is 59.2. The maximum absolute atomic E-state index is 14.8. The molecule has 4 bridgehead atoms. The summed E-state index contributed by atoms with van der Waals surface area (Å²) in [4.78, 5) is 106. The van der Waals surface area contributed by atoms with Gasteiger partial charge in [-0.05, 0) is 149 Å². The van der Waals surface area contributed by atoms with Crippen LogP contribution in [0.2, 0.25) is 0 Å². The number of anilines is 5. The minimum absolute atomic E-state index is 0.00244. The van der Waals surface area contributed by atoms with Gasteiger partial charge in [0.15, 0.2) is 16.8 Å². The van der Waals surface area contributed by atoms with Crippen molar-refractivity contribution in [3.63, 3.8) is 0 Å². The lowest BCUT2D eigenvalue weighted by Gasteiger charge is -2.69. The van der Waals surface area contributed by atoms with E-state index in [0.717, 1.165) is 167 Å². The lowest BCUT2D eigenvalue weighted by atomic mass is 9.39. The van der Waals surface area contributed by atoms with Crippen LogP contribution in [0.1, 0.15) is 150 Å². The third kappa shape index (κ3) is 15.7. The van der Waals surface area contributed by atoms with E-state index in [9.17, 15) is 33.6 Å². The third-order valence-corrected chi connectivity index (χ3v) is 23.1. The van der Waals surface area contributed by atoms with Crippen molar-refractivity contribution in [2.24, 2.45) is 27.9 Å². The molecule has 8 heterocycles. The monoisotopic (exact) mass is 1400 g/mol. The number of rotatable bonds is 29. The summed E-state index contributed by atoms with van der Waals surface area (Å²) in [6.45, 7) is 20.4. The van der Waals surface area contributed by atoms with Crippen LogP contribution in [0.5, 0.6) is 0 Å². The number of fused-ring (bicyclic) bond motifs is 2. The minimum atomic E-state index is -1.01. The Balaban J connectivity index is 0.651. The normalized spacial score (nSPS) is 23.2. The van der Waals surface area contributed by atoms with Gasteiger partial charge in [-0.2, -0.15) is 5.10 Å². The van der Waals surface area contributed by atoms with Crippen molar-refractivity contribution in [3.8, 4) is 11.1 Å². The highest BCUT2D eigenvalue weighted by atomic mass is 32.1. The number of hydrogen-bond donors (Lipinski definition) is 6. The standard InChI is InChI=1S/C75H96N16O9S/c1-48(2)63(83-60(92)27-36-99-37-32-89-61(93)25-26-62(89)94)68(96)80-57(17-13-28-77-70(76)98)67(95)79-52-21-19-51(20-22-52)40-91(33-11-12-34-91)35-38-100-75-44-72(5)41-73(6,45-75)43-74(42-72,46-75)47-90-50(4)55(39-78-90)54-23-24-59(82-64(54)69(97)87-29-9-10-30-87)88-31-14-15-53-49(3)65(85-86-66(53)88)84-71-81-56-16-7-8-18-58(56)101-71/h7-8,16,18-26,39,48,57,63H,9-15,17,27-38,40-47H2,1-6H3,(H6-,76,77,79,80,81,83,84,85,92,95,96,98)/p+1/t57-,63-,72-,73+,74?,75?/m0/s1. The fourth-order valence-corrected chi connectivity index (χ4v) is 19.3. The van der Waals surface area contributed by atoms with E-state index in [2.05, 4.69) is 88.1 Å². The number of likely N-dealkylation sites (tertiary alicyclic amines) is 2. The van der Waals surface area contributed by atoms with E-state index < -0.39 is 47.7 Å². The number of aromatic nitrogens is 6. The van der Waals surface area contributed by atoms with Gasteiger partial charge in [0.25, 0.3) is 17.7 Å². The predicted molar refractivity (Wildman–Crippen MR) is 385 cm³/mol. The molecule has 2 unspecified atom stereocenters. The average molecular weight is 1400 g/mol. The number of thiazole rings is 1. The van der Waals surface area contributed by atoms with Crippen molar-refractivity contribution < 1.29 is 47.5 Å². The van der Waals surface area contributed by atoms with Gasteiger partial charge in [-0.25, -0.2) is 14.8 Å². The second-order valence-corrected chi connectivity index (χ2v) is 31.8. The van der Waals surface area contributed by atoms with E-state index in [4.69, 9.17) is 40.5 Å². The van der Waals surface area contributed by atoms with Crippen molar-refractivity contribution in [2.75, 3.05) is 87.7 Å². The first-order valence-corrected chi connectivity index (χ1v) is 37.0. The topological polar surface area (TPSA) is 303 Å². The van der Waals surface area contributed by atoms with Crippen LogP contribution in [-0.4, -0.2) is 176 Å². The maximum Gasteiger partial charge on any atom is 0.312 e. The number of ether oxygens (including phenoxy) is 2. The minimum Gasteiger partial charge on any atom is -0.379 e. The molecule has 14 rings (SSSR count). The number of benzene rings is 2. The van der Waals surface area contributed by atoms with Crippen LogP contribution in [0.3, 0.4) is 0 Å². The van der Waals surface area contributed by atoms with E-state index in [-0.39, 0.29) is 72.8 Å². The molecule has 4 saturated carbocycles. The summed E-state index contributed by atoms with van der Waals surface area (Å²) in [7, 11) is 0. The van der Waals surface area contributed by atoms with Gasteiger partial charge in [0.05, 0.1) is 61.5 Å². The number of para-hydroxylation sites is 1. The summed E-state index contributed by atoms with van der Waals surface area (Å²) in [5.41, 5.74) is 13.2. The number of pyridine rings is 1. The molecule has 2 aromatic carbocycles. The quantitative estimate of drug-likeness (QED) is 0.0145. The first kappa shape index (κ1) is 70.7. The van der Waals surface area contributed by atoms with Crippen LogP contribution in [0.15, 0.2) is 79.0 Å². The Morgan fingerprint density at radius 1 is 0.782 bits per heavy atom. The zero-order chi connectivity index (χ0) is 70.8. The molecular formula is C75H97N16O9S+. The molecule has 8 amide bonds. The molecule has 7 N–H and O–H groups in total. The largest absolute Gasteiger partial charge is 0.379 e. The molecule has 25 nitrogen and oxygen atoms in total. The highest BCUT2D eigenvalue weighted by Gasteiger charge is 2.66. The molecule has 6 atom stereocenters. The van der Waals surface area contributed by atoms with E-state index in [1.165, 1.54) is 18.6 Å². The lowest BCUT2D eigenvalue weighted by Crippen LogP contribution is -2.64. The van der Waals surface area contributed by atoms with Gasteiger partial charge in [-0.1, -0.05) is 63.3 Å². The van der Waals surface area contributed by atoms with Crippen LogP contribution < -0.4 is 37.2 Å². The Labute approximate surface area is 594 Å². The summed E-state index contributed by atoms with van der Waals surface area (Å²) in [6.07, 6.45) is 17.2. The van der Waals surface area contributed by atoms with Crippen molar-refractivity contribution >= 4 is 91.3 Å². The molecule has 4 aliphatic heterocycles. The molecule has 8 aliphatic rings. The predicted octanol–water partition coefficient (Wildman–Crippen LogP) is 9.32. The summed E-state index contributed by atoms with van der Waals surface area (Å²) in [5, 5.41) is 30.1. The number of hydrogen-bond acceptors (Lipinski definition) is 17. The molecular weight excluding hydrogens is 1300 g/mol. The second-order valence-electron chi connectivity index (χ2n) is 30.8. The molecule has 0 spiro atoms. The fourth-order valence-electron chi connectivity index (χ4n) is 18.5. The van der Waals surface area contributed by atoms with Gasteiger partial charge in [-0.15, -0.1) is 10.2 Å². The van der Waals surface area contributed by atoms with Crippen LogP contribution in [-0.2, 0) is 53.0 Å². The van der Waals surface area contributed by atoms with Crippen molar-refractivity contribution in [1.82, 2.24) is 55.7 Å². The van der Waals surface area contributed by atoms with Crippen molar-refractivity contribution in [2.45, 2.75) is 169 Å². The molecule has 4 aliphatic carbocycles. The Morgan fingerprint density at radius 3 is 2.25 bits per heavy atom. The SMILES string of the molecule is Cc1c(Nc2nc3ccccc3s2)nnc2c1CCCN2c1ccc(-c2cnn(CC34CC5(OCC[N+]6(Cc7ccc(NC(=O)[C@H](CCCNC(N)=O)NC(=O)[C@@H](NC(=O)CCOCCN8C(=O)C=CC8=O)C(C)C)cc7)CCCC6)C[C@](C)(C3)C[C@](C)(C4)C5)c2C)c(C(=O)N2CCCC2)n1. The first-order chi connectivity index (χ1) is 48.5. The molecule has 0 radical (unpaired) electrons. The number of urea groups is 1. The van der Waals surface area contributed by atoms with Crippen LogP contribution in [0.25, 0.3) is 21.3 Å². The molecule has 2 saturated heterocycles. The van der Waals surface area contributed by atoms with E-state index in [1.54, 1.807) is 25.2 Å². The van der Waals surface area contributed by atoms with Gasteiger partial charge >= 0.3 is 6.03 Å². The first-order valence-electron chi connectivity index (χ1n) is 36.2. The highest BCUT2D eigenvalue weighted by Crippen LogP contribution is 2.72. The Bertz CT molecular complexity index is 4090. The second kappa shape index (κ2) is 29.3. The van der Waals surface area contributed by atoms with E-state index >= 15 is 0 Å². The van der Waals surface area contributed by atoms with Crippen LogP contribution in [0, 0.1) is 36.0 Å². The van der Waals surface area contributed by atoms with Crippen molar-refractivity contribution in [3.05, 3.63) is 107 Å².